The Morgan fingerprint density at radius 2 is 2.15 bits per heavy atom. The fourth-order valence-corrected chi connectivity index (χ4v) is 3.34. The van der Waals surface area contributed by atoms with E-state index < -0.39 is 12.2 Å². The molecule has 26 heavy (non-hydrogen) atoms. The van der Waals surface area contributed by atoms with Gasteiger partial charge in [-0.1, -0.05) is 0 Å². The number of nitrogens with zero attached hydrogens (tertiary/aromatic N) is 2. The predicted molar refractivity (Wildman–Crippen MR) is 98.4 cm³/mol. The van der Waals surface area contributed by atoms with Crippen molar-refractivity contribution in [3.05, 3.63) is 24.0 Å². The van der Waals surface area contributed by atoms with Crippen LogP contribution in [0, 0.1) is 5.82 Å². The zero-order chi connectivity index (χ0) is 18.5. The number of ether oxygens (including phenoxy) is 2. The summed E-state index contributed by atoms with van der Waals surface area (Å²) < 4.78 is 25.1. The molecule has 1 N–H and O–H groups in total. The number of carbonyl (C=O) groups is 2. The Balaban J connectivity index is 1.62. The summed E-state index contributed by atoms with van der Waals surface area (Å²) in [5.74, 6) is -0.125. The van der Waals surface area contributed by atoms with Gasteiger partial charge in [0.15, 0.2) is 0 Å². The molecule has 0 radical (unpaired) electrons. The van der Waals surface area contributed by atoms with Gasteiger partial charge in [0.1, 0.15) is 11.9 Å². The average molecular weight is 383 g/mol. The lowest BCUT2D eigenvalue weighted by atomic mass is 10.2. The minimum Gasteiger partial charge on any atom is -0.442 e. The summed E-state index contributed by atoms with van der Waals surface area (Å²) in [6.07, 6.45) is 0.856. The zero-order valence-electron chi connectivity index (χ0n) is 14.6. The Hall–Kier alpha value is -2.00. The Morgan fingerprint density at radius 3 is 2.85 bits per heavy atom. The van der Waals surface area contributed by atoms with E-state index in [1.165, 1.54) is 22.7 Å². The minimum atomic E-state index is -0.535. The zero-order valence-corrected chi connectivity index (χ0v) is 15.4. The van der Waals surface area contributed by atoms with Crippen molar-refractivity contribution in [2.24, 2.45) is 0 Å². The van der Waals surface area contributed by atoms with E-state index in [0.717, 1.165) is 0 Å². The molecule has 0 spiro atoms. The standard InChI is InChI=1S/C17H22FN3O4S/c1-26-11-16(22)19-9-13-10-21(17(23)25-13)12-2-3-15(14(18)8-12)20-4-6-24-7-5-20/h2-3,8,13H,4-7,9-11H2,1H3,(H,19,22)/t13-/m0/s1. The topological polar surface area (TPSA) is 71.1 Å². The van der Waals surface area contributed by atoms with Crippen molar-refractivity contribution in [3.8, 4) is 0 Å². The molecule has 3 rings (SSSR count). The van der Waals surface area contributed by atoms with Crippen LogP contribution in [-0.2, 0) is 14.3 Å². The maximum Gasteiger partial charge on any atom is 0.414 e. The molecule has 2 aliphatic rings. The summed E-state index contributed by atoms with van der Waals surface area (Å²) in [6.45, 7) is 2.94. The van der Waals surface area contributed by atoms with Crippen LogP contribution in [0.1, 0.15) is 0 Å². The van der Waals surface area contributed by atoms with Crippen molar-refractivity contribution < 1.29 is 23.5 Å². The summed E-state index contributed by atoms with van der Waals surface area (Å²) in [4.78, 5) is 26.9. The van der Waals surface area contributed by atoms with E-state index >= 15 is 0 Å². The van der Waals surface area contributed by atoms with Crippen LogP contribution in [0.25, 0.3) is 0 Å². The first-order valence-corrected chi connectivity index (χ1v) is 9.84. The summed E-state index contributed by atoms with van der Waals surface area (Å²) in [5, 5.41) is 2.73. The highest BCUT2D eigenvalue weighted by molar-refractivity contribution is 7.99. The number of hydrogen-bond acceptors (Lipinski definition) is 6. The van der Waals surface area contributed by atoms with E-state index in [0.29, 0.717) is 43.4 Å². The lowest BCUT2D eigenvalue weighted by Crippen LogP contribution is -2.37. The van der Waals surface area contributed by atoms with Crippen molar-refractivity contribution in [1.82, 2.24) is 5.32 Å². The van der Waals surface area contributed by atoms with Crippen LogP contribution in [0.15, 0.2) is 18.2 Å². The van der Waals surface area contributed by atoms with Gasteiger partial charge in [-0.05, 0) is 24.5 Å². The molecule has 0 saturated carbocycles. The van der Waals surface area contributed by atoms with Gasteiger partial charge in [0.25, 0.3) is 0 Å². The maximum absolute atomic E-state index is 14.5. The van der Waals surface area contributed by atoms with E-state index in [4.69, 9.17) is 9.47 Å². The Morgan fingerprint density at radius 1 is 1.38 bits per heavy atom. The first-order valence-electron chi connectivity index (χ1n) is 8.44. The van der Waals surface area contributed by atoms with Crippen molar-refractivity contribution >= 4 is 35.1 Å². The number of rotatable bonds is 6. The summed E-state index contributed by atoms with van der Waals surface area (Å²) in [6, 6.07) is 4.74. The largest absolute Gasteiger partial charge is 0.442 e. The Labute approximate surface area is 155 Å². The number of halogens is 1. The van der Waals surface area contributed by atoms with Gasteiger partial charge in [-0.2, -0.15) is 11.8 Å². The van der Waals surface area contributed by atoms with Crippen LogP contribution in [-0.4, -0.2) is 69.5 Å². The second-order valence-corrected chi connectivity index (χ2v) is 6.95. The second-order valence-electron chi connectivity index (χ2n) is 6.09. The number of cyclic esters (lactones) is 1. The Kier molecular flexibility index (Phi) is 6.20. The van der Waals surface area contributed by atoms with Gasteiger partial charge in [0, 0.05) is 13.1 Å². The number of morpholine rings is 1. The van der Waals surface area contributed by atoms with E-state index in [9.17, 15) is 14.0 Å². The molecule has 1 atom stereocenters. The molecule has 0 aliphatic carbocycles. The normalized spacial score (nSPS) is 20.2. The lowest BCUT2D eigenvalue weighted by molar-refractivity contribution is -0.118. The van der Waals surface area contributed by atoms with Crippen LogP contribution >= 0.6 is 11.8 Å². The number of amides is 2. The van der Waals surface area contributed by atoms with Crippen molar-refractivity contribution in [3.63, 3.8) is 0 Å². The van der Waals surface area contributed by atoms with Gasteiger partial charge >= 0.3 is 6.09 Å². The number of thioether (sulfide) groups is 1. The highest BCUT2D eigenvalue weighted by Crippen LogP contribution is 2.28. The average Bonchev–Trinajstić information content (AvgIpc) is 3.02. The van der Waals surface area contributed by atoms with E-state index in [2.05, 4.69) is 5.32 Å². The van der Waals surface area contributed by atoms with E-state index in [-0.39, 0.29) is 24.8 Å². The minimum absolute atomic E-state index is 0.104. The fourth-order valence-electron chi connectivity index (χ4n) is 2.97. The highest BCUT2D eigenvalue weighted by Gasteiger charge is 2.33. The first-order chi connectivity index (χ1) is 12.6. The predicted octanol–water partition coefficient (Wildman–Crippen LogP) is 1.47. The molecular formula is C17H22FN3O4S. The van der Waals surface area contributed by atoms with E-state index in [1.807, 2.05) is 11.2 Å². The van der Waals surface area contributed by atoms with Crippen molar-refractivity contribution in [2.45, 2.75) is 6.10 Å². The van der Waals surface area contributed by atoms with Gasteiger partial charge in [-0.3, -0.25) is 9.69 Å². The monoisotopic (exact) mass is 383 g/mol. The molecule has 1 aromatic rings. The third-order valence-electron chi connectivity index (χ3n) is 4.27. The summed E-state index contributed by atoms with van der Waals surface area (Å²) in [5.41, 5.74) is 0.952. The van der Waals surface area contributed by atoms with Gasteiger partial charge in [-0.25, -0.2) is 9.18 Å². The van der Waals surface area contributed by atoms with Crippen LogP contribution in [0.2, 0.25) is 0 Å². The third kappa shape index (κ3) is 4.39. The molecule has 142 valence electrons. The quantitative estimate of drug-likeness (QED) is 0.802. The molecule has 0 bridgehead atoms. The third-order valence-corrected chi connectivity index (χ3v) is 4.82. The molecule has 7 nitrogen and oxygen atoms in total. The molecule has 2 fully saturated rings. The van der Waals surface area contributed by atoms with Gasteiger partial charge in [-0.15, -0.1) is 0 Å². The molecule has 0 unspecified atom stereocenters. The molecule has 1 aromatic carbocycles. The number of nitrogens with one attached hydrogen (secondary N) is 1. The van der Waals surface area contributed by atoms with Gasteiger partial charge in [0.05, 0.1) is 43.4 Å². The Bertz CT molecular complexity index is 669. The summed E-state index contributed by atoms with van der Waals surface area (Å²) >= 11 is 1.42. The van der Waals surface area contributed by atoms with Crippen LogP contribution in [0.4, 0.5) is 20.6 Å². The first kappa shape index (κ1) is 18.8. The van der Waals surface area contributed by atoms with Gasteiger partial charge < -0.3 is 19.7 Å². The lowest BCUT2D eigenvalue weighted by Gasteiger charge is -2.29. The number of hydrogen-bond donors (Lipinski definition) is 1. The van der Waals surface area contributed by atoms with E-state index in [1.54, 1.807) is 12.1 Å². The molecular weight excluding hydrogens is 361 g/mol. The second kappa shape index (κ2) is 8.59. The van der Waals surface area contributed by atoms with Crippen molar-refractivity contribution in [1.29, 1.82) is 0 Å². The number of anilines is 2. The molecule has 2 amide bonds. The summed E-state index contributed by atoms with van der Waals surface area (Å²) in [7, 11) is 0. The highest BCUT2D eigenvalue weighted by atomic mass is 32.2. The van der Waals surface area contributed by atoms with Crippen LogP contribution in [0.3, 0.4) is 0 Å². The van der Waals surface area contributed by atoms with Crippen molar-refractivity contribution in [2.75, 3.05) is 61.2 Å². The molecule has 9 heteroatoms. The fraction of sp³-hybridized carbons (Fsp3) is 0.529. The van der Waals surface area contributed by atoms with Gasteiger partial charge in [0.2, 0.25) is 5.91 Å². The molecule has 2 aliphatic heterocycles. The number of benzene rings is 1. The SMILES string of the molecule is CSCC(=O)NC[C@H]1CN(c2ccc(N3CCOCC3)c(F)c2)C(=O)O1. The molecule has 0 aromatic heterocycles. The molecule has 2 heterocycles. The van der Waals surface area contributed by atoms with Crippen LogP contribution in [0.5, 0.6) is 0 Å². The molecule has 2 saturated heterocycles. The van der Waals surface area contributed by atoms with Crippen LogP contribution < -0.4 is 15.1 Å². The smallest absolute Gasteiger partial charge is 0.414 e. The number of carbonyl (C=O) groups excluding carboxylic acids is 2. The maximum atomic E-state index is 14.5.